The Kier molecular flexibility index (Phi) is 7.18. The largest absolute Gasteiger partial charge is 0.356 e. The van der Waals surface area contributed by atoms with Gasteiger partial charge in [0.2, 0.25) is 5.91 Å². The molecule has 1 rings (SSSR count). The Morgan fingerprint density at radius 1 is 1.47 bits per heavy atom. The van der Waals surface area contributed by atoms with Crippen molar-refractivity contribution in [2.45, 2.75) is 50.8 Å². The van der Waals surface area contributed by atoms with Crippen LogP contribution in [0, 0.1) is 0 Å². The molecule has 112 valence electrons. The molecule has 1 unspecified atom stereocenters. The van der Waals surface area contributed by atoms with E-state index < -0.39 is 0 Å². The molecule has 0 radical (unpaired) electrons. The van der Waals surface area contributed by atoms with E-state index in [0.29, 0.717) is 17.7 Å². The van der Waals surface area contributed by atoms with Gasteiger partial charge in [0.15, 0.2) is 0 Å². The van der Waals surface area contributed by atoms with E-state index in [9.17, 15) is 4.79 Å². The predicted octanol–water partition coefficient (Wildman–Crippen LogP) is 1.45. The quantitative estimate of drug-likeness (QED) is 0.776. The Morgan fingerprint density at radius 3 is 2.84 bits per heavy atom. The van der Waals surface area contributed by atoms with Gasteiger partial charge in [0.1, 0.15) is 0 Å². The van der Waals surface area contributed by atoms with Crippen LogP contribution >= 0.6 is 11.8 Å². The summed E-state index contributed by atoms with van der Waals surface area (Å²) in [5.74, 6) is 1.26. The van der Waals surface area contributed by atoms with Crippen molar-refractivity contribution in [3.63, 3.8) is 0 Å². The number of hydrogen-bond acceptors (Lipinski definition) is 4. The fourth-order valence-electron chi connectivity index (χ4n) is 2.31. The van der Waals surface area contributed by atoms with Crippen molar-refractivity contribution in [1.82, 2.24) is 10.2 Å². The van der Waals surface area contributed by atoms with E-state index >= 15 is 0 Å². The first-order valence-electron chi connectivity index (χ1n) is 7.33. The molecule has 0 aromatic heterocycles. The van der Waals surface area contributed by atoms with Crippen molar-refractivity contribution in [2.24, 2.45) is 5.73 Å². The molecule has 4 nitrogen and oxygen atoms in total. The zero-order valence-corrected chi connectivity index (χ0v) is 13.4. The second-order valence-corrected chi connectivity index (χ2v) is 7.64. The van der Waals surface area contributed by atoms with Gasteiger partial charge in [-0.25, -0.2) is 0 Å². The minimum atomic E-state index is 0.133. The molecule has 0 aromatic carbocycles. The Morgan fingerprint density at radius 2 is 2.21 bits per heavy atom. The second-order valence-electron chi connectivity index (χ2n) is 5.84. The van der Waals surface area contributed by atoms with Crippen molar-refractivity contribution >= 4 is 17.7 Å². The molecule has 1 heterocycles. The number of thioether (sulfide) groups is 1. The van der Waals surface area contributed by atoms with Crippen LogP contribution < -0.4 is 11.1 Å². The van der Waals surface area contributed by atoms with Gasteiger partial charge >= 0.3 is 0 Å². The van der Waals surface area contributed by atoms with E-state index in [1.165, 1.54) is 0 Å². The SMILES string of the molecule is CCCNC(=O)CC(CN)N1CCSC(C)(C)CC1. The summed E-state index contributed by atoms with van der Waals surface area (Å²) in [4.78, 5) is 14.2. The molecule has 0 spiro atoms. The van der Waals surface area contributed by atoms with E-state index in [-0.39, 0.29) is 11.9 Å². The molecule has 5 heteroatoms. The fraction of sp³-hybridized carbons (Fsp3) is 0.929. The highest BCUT2D eigenvalue weighted by Crippen LogP contribution is 2.31. The van der Waals surface area contributed by atoms with Gasteiger partial charge < -0.3 is 11.1 Å². The van der Waals surface area contributed by atoms with Gasteiger partial charge in [0.25, 0.3) is 0 Å². The standard InChI is InChI=1S/C14H29N3OS/c1-4-6-16-13(18)10-12(11-15)17-7-5-14(2,3)19-9-8-17/h12H,4-11,15H2,1-3H3,(H,16,18). The molecule has 0 saturated carbocycles. The molecule has 19 heavy (non-hydrogen) atoms. The lowest BCUT2D eigenvalue weighted by atomic mass is 10.1. The Hall–Kier alpha value is -0.260. The van der Waals surface area contributed by atoms with Crippen LogP contribution in [0.1, 0.15) is 40.0 Å². The lowest BCUT2D eigenvalue weighted by Crippen LogP contribution is -2.45. The van der Waals surface area contributed by atoms with Crippen LogP contribution in [0.4, 0.5) is 0 Å². The lowest BCUT2D eigenvalue weighted by Gasteiger charge is -2.29. The Labute approximate surface area is 121 Å². The topological polar surface area (TPSA) is 58.4 Å². The third-order valence-corrected chi connectivity index (χ3v) is 5.03. The van der Waals surface area contributed by atoms with Crippen molar-refractivity contribution in [3.8, 4) is 0 Å². The number of carbonyl (C=O) groups excluding carboxylic acids is 1. The third-order valence-electron chi connectivity index (χ3n) is 3.65. The molecule has 1 fully saturated rings. The number of rotatable bonds is 6. The average Bonchev–Trinajstić information content (AvgIpc) is 2.54. The number of nitrogens with zero attached hydrogens (tertiary/aromatic N) is 1. The molecule has 1 amide bonds. The van der Waals surface area contributed by atoms with Crippen molar-refractivity contribution in [3.05, 3.63) is 0 Å². The molecule has 1 aliphatic rings. The molecular formula is C14H29N3OS. The summed E-state index contributed by atoms with van der Waals surface area (Å²) in [6.45, 7) is 10.1. The smallest absolute Gasteiger partial charge is 0.221 e. The first-order valence-corrected chi connectivity index (χ1v) is 8.32. The van der Waals surface area contributed by atoms with Gasteiger partial charge in [0, 0.05) is 42.6 Å². The fourth-order valence-corrected chi connectivity index (χ4v) is 3.43. The van der Waals surface area contributed by atoms with Crippen LogP contribution in [0.5, 0.6) is 0 Å². The maximum Gasteiger partial charge on any atom is 0.221 e. The molecule has 0 aliphatic carbocycles. The molecule has 0 aromatic rings. The Bertz CT molecular complexity index is 284. The van der Waals surface area contributed by atoms with E-state index in [0.717, 1.165) is 38.2 Å². The van der Waals surface area contributed by atoms with E-state index in [1.807, 2.05) is 11.8 Å². The normalized spacial score (nSPS) is 21.7. The summed E-state index contributed by atoms with van der Waals surface area (Å²) < 4.78 is 0.346. The zero-order chi connectivity index (χ0) is 14.3. The lowest BCUT2D eigenvalue weighted by molar-refractivity contribution is -0.122. The van der Waals surface area contributed by atoms with Crippen molar-refractivity contribution in [2.75, 3.05) is 31.9 Å². The number of carbonyl (C=O) groups is 1. The molecular weight excluding hydrogens is 258 g/mol. The molecule has 1 saturated heterocycles. The van der Waals surface area contributed by atoms with Gasteiger partial charge in [-0.15, -0.1) is 0 Å². The predicted molar refractivity (Wildman–Crippen MR) is 83.5 cm³/mol. The van der Waals surface area contributed by atoms with E-state index in [4.69, 9.17) is 5.73 Å². The molecule has 0 bridgehead atoms. The maximum absolute atomic E-state index is 11.8. The number of amides is 1. The van der Waals surface area contributed by atoms with Gasteiger partial charge in [0.05, 0.1) is 0 Å². The van der Waals surface area contributed by atoms with Gasteiger partial charge in [-0.05, 0) is 19.4 Å². The molecule has 1 aliphatic heterocycles. The monoisotopic (exact) mass is 287 g/mol. The van der Waals surface area contributed by atoms with Crippen LogP contribution in [0.2, 0.25) is 0 Å². The molecule has 3 N–H and O–H groups in total. The third kappa shape index (κ3) is 6.15. The van der Waals surface area contributed by atoms with Crippen molar-refractivity contribution < 1.29 is 4.79 Å². The summed E-state index contributed by atoms with van der Waals surface area (Å²) in [5.41, 5.74) is 5.87. The van der Waals surface area contributed by atoms with E-state index in [2.05, 4.69) is 31.0 Å². The Balaban J connectivity index is 2.47. The first kappa shape index (κ1) is 16.8. The summed E-state index contributed by atoms with van der Waals surface area (Å²) in [5, 5.41) is 2.94. The number of nitrogens with one attached hydrogen (secondary N) is 1. The number of nitrogens with two attached hydrogens (primary N) is 1. The maximum atomic E-state index is 11.8. The van der Waals surface area contributed by atoms with Crippen LogP contribution in [-0.4, -0.2) is 53.5 Å². The summed E-state index contributed by atoms with van der Waals surface area (Å²) >= 11 is 2.02. The van der Waals surface area contributed by atoms with Crippen LogP contribution in [0.15, 0.2) is 0 Å². The second kappa shape index (κ2) is 8.12. The van der Waals surface area contributed by atoms with Crippen molar-refractivity contribution in [1.29, 1.82) is 0 Å². The van der Waals surface area contributed by atoms with Crippen LogP contribution in [0.25, 0.3) is 0 Å². The highest BCUT2D eigenvalue weighted by Gasteiger charge is 2.27. The number of hydrogen-bond donors (Lipinski definition) is 2. The zero-order valence-electron chi connectivity index (χ0n) is 12.6. The minimum absolute atomic E-state index is 0.133. The minimum Gasteiger partial charge on any atom is -0.356 e. The first-order chi connectivity index (χ1) is 8.98. The highest BCUT2D eigenvalue weighted by molar-refractivity contribution is 8.00. The highest BCUT2D eigenvalue weighted by atomic mass is 32.2. The van der Waals surface area contributed by atoms with Gasteiger partial charge in [-0.1, -0.05) is 20.8 Å². The molecule has 1 atom stereocenters. The summed E-state index contributed by atoms with van der Waals surface area (Å²) in [6, 6.07) is 0.186. The summed E-state index contributed by atoms with van der Waals surface area (Å²) in [7, 11) is 0. The van der Waals surface area contributed by atoms with Crippen LogP contribution in [0.3, 0.4) is 0 Å². The van der Waals surface area contributed by atoms with Gasteiger partial charge in [-0.3, -0.25) is 9.69 Å². The van der Waals surface area contributed by atoms with Gasteiger partial charge in [-0.2, -0.15) is 11.8 Å². The average molecular weight is 287 g/mol. The van der Waals surface area contributed by atoms with Crippen LogP contribution in [-0.2, 0) is 4.79 Å². The summed E-state index contributed by atoms with van der Waals surface area (Å²) in [6.07, 6.45) is 2.67. The van der Waals surface area contributed by atoms with E-state index in [1.54, 1.807) is 0 Å².